The number of hydrogen-bond acceptors (Lipinski definition) is 5. The molecule has 1 aliphatic rings. The van der Waals surface area contributed by atoms with Crippen molar-refractivity contribution in [3.8, 4) is 0 Å². The van der Waals surface area contributed by atoms with E-state index in [2.05, 4.69) is 10.6 Å². The molecule has 0 radical (unpaired) electrons. The zero-order valence-electron chi connectivity index (χ0n) is 16.9. The first kappa shape index (κ1) is 21.4. The topological polar surface area (TPSA) is 92.3 Å². The lowest BCUT2D eigenvalue weighted by Crippen LogP contribution is -2.28. The average Bonchev–Trinajstić information content (AvgIpc) is 2.77. The van der Waals surface area contributed by atoms with Crippen LogP contribution in [-0.4, -0.2) is 31.2 Å². The molecule has 1 heterocycles. The molecule has 4 rings (SSSR count). The van der Waals surface area contributed by atoms with Crippen molar-refractivity contribution in [1.82, 2.24) is 0 Å². The number of fused-ring (bicyclic) bond motifs is 2. The largest absolute Gasteiger partial charge is 0.325 e. The highest BCUT2D eigenvalue weighted by atomic mass is 32.2. The highest BCUT2D eigenvalue weighted by Gasteiger charge is 2.27. The minimum absolute atomic E-state index is 0.0973. The Morgan fingerprint density at radius 3 is 2.68 bits per heavy atom. The van der Waals surface area contributed by atoms with Gasteiger partial charge in [-0.15, -0.1) is 11.8 Å². The van der Waals surface area contributed by atoms with E-state index in [0.29, 0.717) is 17.8 Å². The number of carbonyl (C=O) groups excluding carboxylic acids is 2. The standard InChI is InChI=1S/C23H22N2O4S2/c1-2-20-23(27)25-19-14-16(10-11-21(19)30-20)31(28,29)13-12-22(26)24-18-9-5-7-15-6-3-4-8-17(15)18/h3-11,14,20H,2,12-13H2,1H3,(H,24,26)(H,25,27)/t20-/m1/s1. The number of anilines is 2. The van der Waals surface area contributed by atoms with E-state index in [1.165, 1.54) is 23.9 Å². The summed E-state index contributed by atoms with van der Waals surface area (Å²) in [5.41, 5.74) is 1.15. The molecule has 0 unspecified atom stereocenters. The fraction of sp³-hybridized carbons (Fsp3) is 0.217. The van der Waals surface area contributed by atoms with Gasteiger partial charge in [-0.1, -0.05) is 43.3 Å². The van der Waals surface area contributed by atoms with Gasteiger partial charge in [-0.3, -0.25) is 9.59 Å². The van der Waals surface area contributed by atoms with Gasteiger partial charge in [0.1, 0.15) is 0 Å². The monoisotopic (exact) mass is 454 g/mol. The Balaban J connectivity index is 1.45. The molecule has 2 amide bonds. The maximum Gasteiger partial charge on any atom is 0.237 e. The van der Waals surface area contributed by atoms with Crippen LogP contribution in [0.1, 0.15) is 19.8 Å². The van der Waals surface area contributed by atoms with Crippen molar-refractivity contribution in [2.45, 2.75) is 34.8 Å². The first-order valence-corrected chi connectivity index (χ1v) is 12.5. The highest BCUT2D eigenvalue weighted by Crippen LogP contribution is 2.38. The van der Waals surface area contributed by atoms with E-state index in [1.54, 1.807) is 12.1 Å². The normalized spacial score (nSPS) is 15.9. The van der Waals surface area contributed by atoms with E-state index in [4.69, 9.17) is 0 Å². The number of amides is 2. The van der Waals surface area contributed by atoms with Gasteiger partial charge in [-0.05, 0) is 36.1 Å². The van der Waals surface area contributed by atoms with Gasteiger partial charge in [0.15, 0.2) is 9.84 Å². The lowest BCUT2D eigenvalue weighted by molar-refractivity contribution is -0.116. The Bertz CT molecular complexity index is 1270. The van der Waals surface area contributed by atoms with Crippen molar-refractivity contribution in [3.63, 3.8) is 0 Å². The average molecular weight is 455 g/mol. The Kier molecular flexibility index (Phi) is 6.02. The predicted molar refractivity (Wildman–Crippen MR) is 124 cm³/mol. The lowest BCUT2D eigenvalue weighted by atomic mass is 10.1. The van der Waals surface area contributed by atoms with Crippen molar-refractivity contribution in [1.29, 1.82) is 0 Å². The van der Waals surface area contributed by atoms with Gasteiger partial charge in [0.25, 0.3) is 0 Å². The molecular formula is C23H22N2O4S2. The summed E-state index contributed by atoms with van der Waals surface area (Å²) in [7, 11) is -3.68. The third-order valence-corrected chi connectivity index (χ3v) is 8.32. The van der Waals surface area contributed by atoms with Crippen molar-refractivity contribution >= 4 is 55.6 Å². The van der Waals surface area contributed by atoms with Crippen LogP contribution in [0.5, 0.6) is 0 Å². The number of hydrogen-bond donors (Lipinski definition) is 2. The molecule has 0 fully saturated rings. The van der Waals surface area contributed by atoms with Crippen LogP contribution in [0.15, 0.2) is 70.5 Å². The summed E-state index contributed by atoms with van der Waals surface area (Å²) >= 11 is 1.43. The molecule has 0 saturated heterocycles. The minimum atomic E-state index is -3.68. The summed E-state index contributed by atoms with van der Waals surface area (Å²) in [5.74, 6) is -0.808. The second-order valence-electron chi connectivity index (χ2n) is 7.31. The van der Waals surface area contributed by atoms with E-state index in [0.717, 1.165) is 15.7 Å². The summed E-state index contributed by atoms with van der Waals surface area (Å²) in [4.78, 5) is 25.5. The van der Waals surface area contributed by atoms with Crippen LogP contribution in [0.3, 0.4) is 0 Å². The quantitative estimate of drug-likeness (QED) is 0.574. The van der Waals surface area contributed by atoms with Crippen LogP contribution in [0.25, 0.3) is 10.8 Å². The van der Waals surface area contributed by atoms with Gasteiger partial charge in [0.2, 0.25) is 11.8 Å². The van der Waals surface area contributed by atoms with Crippen LogP contribution >= 0.6 is 11.8 Å². The first-order chi connectivity index (χ1) is 14.9. The minimum Gasteiger partial charge on any atom is -0.325 e. The van der Waals surface area contributed by atoms with Crippen molar-refractivity contribution in [3.05, 3.63) is 60.7 Å². The molecule has 3 aromatic carbocycles. The zero-order valence-corrected chi connectivity index (χ0v) is 18.6. The SMILES string of the molecule is CC[C@H]1Sc2ccc(S(=O)(=O)CCC(=O)Nc3cccc4ccccc34)cc2NC1=O. The first-order valence-electron chi connectivity index (χ1n) is 9.99. The smallest absolute Gasteiger partial charge is 0.237 e. The van der Waals surface area contributed by atoms with Gasteiger partial charge >= 0.3 is 0 Å². The molecule has 160 valence electrons. The second-order valence-corrected chi connectivity index (χ2v) is 10.7. The lowest BCUT2D eigenvalue weighted by Gasteiger charge is -2.23. The van der Waals surface area contributed by atoms with Crippen LogP contribution in [0.2, 0.25) is 0 Å². The molecule has 31 heavy (non-hydrogen) atoms. The second kappa shape index (κ2) is 8.72. The van der Waals surface area contributed by atoms with Gasteiger partial charge < -0.3 is 10.6 Å². The van der Waals surface area contributed by atoms with E-state index >= 15 is 0 Å². The molecule has 1 aliphatic heterocycles. The molecule has 1 atom stereocenters. The number of benzene rings is 3. The fourth-order valence-electron chi connectivity index (χ4n) is 3.48. The molecule has 0 spiro atoms. The summed E-state index contributed by atoms with van der Waals surface area (Å²) in [6.45, 7) is 1.93. The molecular weight excluding hydrogens is 432 g/mol. The highest BCUT2D eigenvalue weighted by molar-refractivity contribution is 8.01. The third kappa shape index (κ3) is 4.60. The maximum atomic E-state index is 12.8. The molecule has 2 N–H and O–H groups in total. The van der Waals surface area contributed by atoms with Gasteiger partial charge in [0.05, 0.1) is 21.6 Å². The molecule has 6 nitrogen and oxygen atoms in total. The molecule has 8 heteroatoms. The number of sulfone groups is 1. The number of nitrogens with one attached hydrogen (secondary N) is 2. The van der Waals surface area contributed by atoms with Gasteiger partial charge in [0, 0.05) is 22.4 Å². The zero-order chi connectivity index (χ0) is 22.0. The molecule has 0 aromatic heterocycles. The van der Waals surface area contributed by atoms with E-state index < -0.39 is 9.84 Å². The third-order valence-electron chi connectivity index (χ3n) is 5.16. The van der Waals surface area contributed by atoms with Crippen LogP contribution < -0.4 is 10.6 Å². The van der Waals surface area contributed by atoms with E-state index in [9.17, 15) is 18.0 Å². The van der Waals surface area contributed by atoms with Gasteiger partial charge in [-0.2, -0.15) is 0 Å². The number of thioether (sulfide) groups is 1. The van der Waals surface area contributed by atoms with Crippen molar-refractivity contribution in [2.75, 3.05) is 16.4 Å². The Hall–Kier alpha value is -2.84. The maximum absolute atomic E-state index is 12.8. The summed E-state index contributed by atoms with van der Waals surface area (Å²) in [5, 5.41) is 7.31. The van der Waals surface area contributed by atoms with Crippen molar-refractivity contribution < 1.29 is 18.0 Å². The predicted octanol–water partition coefficient (Wildman–Crippen LogP) is 4.47. The number of rotatable bonds is 6. The summed E-state index contributed by atoms with van der Waals surface area (Å²) in [6, 6.07) is 18.0. The van der Waals surface area contributed by atoms with E-state index in [1.807, 2.05) is 43.3 Å². The van der Waals surface area contributed by atoms with Crippen LogP contribution in [-0.2, 0) is 19.4 Å². The Morgan fingerprint density at radius 1 is 1.10 bits per heavy atom. The Morgan fingerprint density at radius 2 is 1.87 bits per heavy atom. The van der Waals surface area contributed by atoms with Gasteiger partial charge in [-0.25, -0.2) is 8.42 Å². The Labute approximate surface area is 185 Å². The summed E-state index contributed by atoms with van der Waals surface area (Å²) in [6.07, 6.45) is 0.531. The molecule has 0 aliphatic carbocycles. The van der Waals surface area contributed by atoms with E-state index in [-0.39, 0.29) is 34.1 Å². The van der Waals surface area contributed by atoms with Crippen molar-refractivity contribution in [2.24, 2.45) is 0 Å². The van der Waals surface area contributed by atoms with Crippen LogP contribution in [0.4, 0.5) is 11.4 Å². The number of carbonyl (C=O) groups is 2. The summed E-state index contributed by atoms with van der Waals surface area (Å²) < 4.78 is 25.6. The molecule has 3 aromatic rings. The molecule has 0 saturated carbocycles. The van der Waals surface area contributed by atoms with Crippen LogP contribution in [0, 0.1) is 0 Å². The fourth-order valence-corrected chi connectivity index (χ4v) is 5.77. The molecule has 0 bridgehead atoms.